The minimum Gasteiger partial charge on any atom is -0.452 e. The molecule has 0 aromatic heterocycles. The van der Waals surface area contributed by atoms with E-state index in [-0.39, 0.29) is 29.5 Å². The lowest BCUT2D eigenvalue weighted by molar-refractivity contribution is -0.208. The lowest BCUT2D eigenvalue weighted by atomic mass is 9.85. The molecule has 212 valence electrons. The second-order valence-corrected chi connectivity index (χ2v) is 9.69. The summed E-state index contributed by atoms with van der Waals surface area (Å²) in [6.45, 7) is 2.32. The maximum Gasteiger partial charge on any atom is 0.425 e. The van der Waals surface area contributed by atoms with Crippen LogP contribution in [0.25, 0.3) is 0 Å². The van der Waals surface area contributed by atoms with Gasteiger partial charge in [-0.15, -0.1) is 6.42 Å². The first-order valence-corrected chi connectivity index (χ1v) is 12.6. The van der Waals surface area contributed by atoms with Crippen molar-refractivity contribution in [2.45, 2.75) is 50.1 Å². The average Bonchev–Trinajstić information content (AvgIpc) is 2.93. The predicted octanol–water partition coefficient (Wildman–Crippen LogP) is 4.82. The van der Waals surface area contributed by atoms with Gasteiger partial charge in [-0.05, 0) is 50.1 Å². The third-order valence-electron chi connectivity index (χ3n) is 6.74. The number of ether oxygens (including phenoxy) is 2. The van der Waals surface area contributed by atoms with Gasteiger partial charge in [0.25, 0.3) is 11.9 Å². The van der Waals surface area contributed by atoms with Crippen LogP contribution in [-0.4, -0.2) is 60.9 Å². The maximum atomic E-state index is 15.1. The van der Waals surface area contributed by atoms with Crippen molar-refractivity contribution >= 4 is 23.6 Å². The number of likely N-dealkylation sites (tertiary alicyclic amines) is 1. The zero-order valence-electron chi connectivity index (χ0n) is 21.6. The first-order chi connectivity index (χ1) is 19.0. The molecule has 12 heteroatoms. The van der Waals surface area contributed by atoms with Crippen LogP contribution in [0.1, 0.15) is 42.1 Å². The lowest BCUT2D eigenvalue weighted by Crippen LogP contribution is -2.48. The number of nitrogens with zero attached hydrogens (tertiary/aromatic N) is 2. The highest BCUT2D eigenvalue weighted by molar-refractivity contribution is 6.04. The molecule has 1 saturated heterocycles. The SMILES string of the molecule is C#CCOC1CCN(C(=O)Nc2ccc(F)c([C@@]3(C)C[C@@H](C(F)(F)F)OC(NC(=O)c4ccccc4)=N3)c2)CC1. The number of anilines is 1. The van der Waals surface area contributed by atoms with E-state index >= 15 is 4.39 Å². The molecule has 2 aromatic rings. The summed E-state index contributed by atoms with van der Waals surface area (Å²) in [5.74, 6) is 0.843. The number of rotatable bonds is 5. The number of carbonyl (C=O) groups is 2. The fourth-order valence-electron chi connectivity index (χ4n) is 4.61. The summed E-state index contributed by atoms with van der Waals surface area (Å²) in [5.41, 5.74) is -1.63. The summed E-state index contributed by atoms with van der Waals surface area (Å²) in [5, 5.41) is 4.93. The molecular formula is C28H28F4N4O4. The van der Waals surface area contributed by atoms with E-state index < -0.39 is 48.0 Å². The van der Waals surface area contributed by atoms with Crippen molar-refractivity contribution in [2.75, 3.05) is 25.0 Å². The van der Waals surface area contributed by atoms with E-state index in [1.165, 1.54) is 31.2 Å². The number of piperidine rings is 1. The molecule has 0 radical (unpaired) electrons. The number of hydrogen-bond acceptors (Lipinski definition) is 5. The molecule has 0 saturated carbocycles. The number of alkyl halides is 3. The quantitative estimate of drug-likeness (QED) is 0.405. The summed E-state index contributed by atoms with van der Waals surface area (Å²) >= 11 is 0. The zero-order valence-corrected chi connectivity index (χ0v) is 21.6. The van der Waals surface area contributed by atoms with Crippen LogP contribution in [0.4, 0.5) is 28.0 Å². The Hall–Kier alpha value is -4.11. The van der Waals surface area contributed by atoms with Crippen LogP contribution in [-0.2, 0) is 15.0 Å². The molecule has 8 nitrogen and oxygen atoms in total. The normalized spacial score (nSPS) is 21.6. The van der Waals surface area contributed by atoms with Crippen molar-refractivity contribution in [1.29, 1.82) is 0 Å². The van der Waals surface area contributed by atoms with Gasteiger partial charge in [0.15, 0.2) is 6.10 Å². The maximum absolute atomic E-state index is 15.1. The molecule has 0 aliphatic carbocycles. The van der Waals surface area contributed by atoms with Crippen molar-refractivity contribution in [3.05, 3.63) is 65.5 Å². The number of amidine groups is 1. The third kappa shape index (κ3) is 6.90. The highest BCUT2D eigenvalue weighted by Gasteiger charge is 2.50. The smallest absolute Gasteiger partial charge is 0.425 e. The minimum absolute atomic E-state index is 0.0537. The molecule has 2 atom stereocenters. The van der Waals surface area contributed by atoms with E-state index in [1.54, 1.807) is 23.1 Å². The monoisotopic (exact) mass is 560 g/mol. The molecule has 40 heavy (non-hydrogen) atoms. The lowest BCUT2D eigenvalue weighted by Gasteiger charge is -2.37. The van der Waals surface area contributed by atoms with E-state index in [1.807, 2.05) is 0 Å². The van der Waals surface area contributed by atoms with Crippen molar-refractivity contribution < 1.29 is 36.6 Å². The molecule has 2 aliphatic rings. The summed E-state index contributed by atoms with van der Waals surface area (Å²) in [6.07, 6.45) is -1.60. The number of benzene rings is 2. The molecule has 4 rings (SSSR count). The van der Waals surface area contributed by atoms with Crippen LogP contribution < -0.4 is 10.6 Å². The molecule has 2 N–H and O–H groups in total. The second-order valence-electron chi connectivity index (χ2n) is 9.69. The largest absolute Gasteiger partial charge is 0.452 e. The van der Waals surface area contributed by atoms with Crippen LogP contribution >= 0.6 is 0 Å². The number of hydrogen-bond donors (Lipinski definition) is 2. The minimum atomic E-state index is -4.82. The van der Waals surface area contributed by atoms with E-state index in [9.17, 15) is 22.8 Å². The van der Waals surface area contributed by atoms with E-state index in [4.69, 9.17) is 15.9 Å². The van der Waals surface area contributed by atoms with Crippen molar-refractivity contribution in [3.63, 3.8) is 0 Å². The Balaban J connectivity index is 1.55. The molecule has 2 aliphatic heterocycles. The average molecular weight is 561 g/mol. The van der Waals surface area contributed by atoms with Gasteiger partial charge in [0.1, 0.15) is 12.4 Å². The van der Waals surface area contributed by atoms with Crippen molar-refractivity contribution in [3.8, 4) is 12.3 Å². The summed E-state index contributed by atoms with van der Waals surface area (Å²) in [7, 11) is 0. The highest BCUT2D eigenvalue weighted by atomic mass is 19.4. The number of nitrogens with one attached hydrogen (secondary N) is 2. The van der Waals surface area contributed by atoms with E-state index in [2.05, 4.69) is 21.5 Å². The van der Waals surface area contributed by atoms with Gasteiger partial charge >= 0.3 is 12.2 Å². The Labute approximate surface area is 228 Å². The fraction of sp³-hybridized carbons (Fsp3) is 0.393. The number of halogens is 4. The van der Waals surface area contributed by atoms with Crippen LogP contribution in [0.3, 0.4) is 0 Å². The number of carbonyl (C=O) groups excluding carboxylic acids is 2. The first-order valence-electron chi connectivity index (χ1n) is 12.6. The first kappa shape index (κ1) is 28.9. The van der Waals surface area contributed by atoms with Crippen LogP contribution in [0, 0.1) is 18.2 Å². The van der Waals surface area contributed by atoms with Gasteiger partial charge in [0.2, 0.25) is 0 Å². The second kappa shape index (κ2) is 12.0. The summed E-state index contributed by atoms with van der Waals surface area (Å²) < 4.78 is 67.0. The Kier molecular flexibility index (Phi) is 8.64. The molecular weight excluding hydrogens is 532 g/mol. The fourth-order valence-corrected chi connectivity index (χ4v) is 4.61. The number of amides is 3. The molecule has 3 amide bonds. The van der Waals surface area contributed by atoms with Gasteiger partial charge in [-0.1, -0.05) is 24.1 Å². The summed E-state index contributed by atoms with van der Waals surface area (Å²) in [6, 6.07) is 10.3. The number of aliphatic imine (C=N–C) groups is 1. The number of urea groups is 1. The molecule has 0 spiro atoms. The van der Waals surface area contributed by atoms with Gasteiger partial charge in [-0.3, -0.25) is 10.1 Å². The van der Waals surface area contributed by atoms with Gasteiger partial charge in [0.05, 0.1) is 11.6 Å². The highest BCUT2D eigenvalue weighted by Crippen LogP contribution is 2.41. The molecule has 2 aromatic carbocycles. The zero-order chi connectivity index (χ0) is 28.9. The topological polar surface area (TPSA) is 92.3 Å². The van der Waals surface area contributed by atoms with E-state index in [0.717, 1.165) is 6.07 Å². The van der Waals surface area contributed by atoms with Gasteiger partial charge in [-0.25, -0.2) is 14.2 Å². The third-order valence-corrected chi connectivity index (χ3v) is 6.74. The van der Waals surface area contributed by atoms with Crippen LogP contribution in [0.2, 0.25) is 0 Å². The number of terminal acetylenes is 1. The molecule has 1 fully saturated rings. The van der Waals surface area contributed by atoms with Crippen molar-refractivity contribution in [2.24, 2.45) is 4.99 Å². The Morgan fingerprint density at radius 2 is 1.88 bits per heavy atom. The van der Waals surface area contributed by atoms with Gasteiger partial charge in [0, 0.05) is 36.3 Å². The van der Waals surface area contributed by atoms with Crippen LogP contribution in [0.5, 0.6) is 0 Å². The van der Waals surface area contributed by atoms with Gasteiger partial charge < -0.3 is 19.7 Å². The Morgan fingerprint density at radius 3 is 2.52 bits per heavy atom. The van der Waals surface area contributed by atoms with Crippen LogP contribution in [0.15, 0.2) is 53.5 Å². The Bertz CT molecular complexity index is 1300. The van der Waals surface area contributed by atoms with E-state index in [0.29, 0.717) is 25.9 Å². The van der Waals surface area contributed by atoms with Gasteiger partial charge in [-0.2, -0.15) is 13.2 Å². The standard InChI is InChI=1S/C28H28F4N4O4/c1-3-15-39-20-11-13-36(14-12-20)26(38)33-19-9-10-22(29)21(16-19)27(2)17-23(28(30,31)32)40-25(35-27)34-24(37)18-7-5-4-6-8-18/h1,4-10,16,20,23H,11-15,17H2,2H3,(H,33,38)(H,34,35,37)/t23-,27+/m0/s1. The van der Waals surface area contributed by atoms with Crippen molar-refractivity contribution in [1.82, 2.24) is 10.2 Å². The Morgan fingerprint density at radius 1 is 1.18 bits per heavy atom. The molecule has 0 unspecified atom stereocenters. The molecule has 0 bridgehead atoms. The predicted molar refractivity (Wildman–Crippen MR) is 139 cm³/mol. The summed E-state index contributed by atoms with van der Waals surface area (Å²) in [4.78, 5) is 31.2. The molecule has 2 heterocycles.